The quantitative estimate of drug-likeness (QED) is 0.938. The summed E-state index contributed by atoms with van der Waals surface area (Å²) in [6.45, 7) is 3.56. The Bertz CT molecular complexity index is 743. The van der Waals surface area contributed by atoms with Crippen LogP contribution in [0.4, 0.5) is 10.8 Å². The molecule has 1 aliphatic heterocycles. The van der Waals surface area contributed by atoms with E-state index in [9.17, 15) is 9.59 Å². The van der Waals surface area contributed by atoms with Gasteiger partial charge in [-0.25, -0.2) is 0 Å². The molecule has 0 aliphatic carbocycles. The van der Waals surface area contributed by atoms with Crippen molar-refractivity contribution in [1.82, 2.24) is 10.2 Å². The summed E-state index contributed by atoms with van der Waals surface area (Å²) in [6.07, 6.45) is 2.10. The van der Waals surface area contributed by atoms with E-state index in [4.69, 9.17) is 0 Å². The van der Waals surface area contributed by atoms with Gasteiger partial charge in [-0.05, 0) is 38.3 Å². The van der Waals surface area contributed by atoms with Gasteiger partial charge in [-0.1, -0.05) is 29.5 Å². The van der Waals surface area contributed by atoms with E-state index in [0.717, 1.165) is 29.1 Å². The average molecular weight is 330 g/mol. The molecule has 0 spiro atoms. The molecule has 1 aliphatic rings. The van der Waals surface area contributed by atoms with Gasteiger partial charge in [-0.2, -0.15) is 0 Å². The summed E-state index contributed by atoms with van der Waals surface area (Å²) >= 11 is 1.31. The van der Waals surface area contributed by atoms with Crippen molar-refractivity contribution in [2.24, 2.45) is 0 Å². The molecule has 1 aromatic carbocycles. The van der Waals surface area contributed by atoms with Crippen molar-refractivity contribution in [3.63, 3.8) is 0 Å². The summed E-state index contributed by atoms with van der Waals surface area (Å²) < 4.78 is 0. The normalized spacial score (nSPS) is 15.7. The van der Waals surface area contributed by atoms with Crippen LogP contribution < -0.4 is 10.2 Å². The van der Waals surface area contributed by atoms with Gasteiger partial charge in [0.25, 0.3) is 0 Å². The van der Waals surface area contributed by atoms with Crippen molar-refractivity contribution >= 4 is 34.0 Å². The summed E-state index contributed by atoms with van der Waals surface area (Å²) in [5.74, 6) is -0.280. The molecule has 2 heterocycles. The molecule has 1 aromatic heterocycles. The molecular formula is C16H18N4O2S. The number of fused-ring (bicyclic) bond motifs is 1. The number of hydrogen-bond donors (Lipinski definition) is 1. The number of benzene rings is 1. The lowest BCUT2D eigenvalue weighted by atomic mass is 10.1. The Balaban J connectivity index is 1.86. The molecule has 7 heteroatoms. The second-order valence-corrected chi connectivity index (χ2v) is 6.72. The number of para-hydroxylation sites is 1. The molecule has 23 heavy (non-hydrogen) atoms. The zero-order valence-electron chi connectivity index (χ0n) is 13.1. The van der Waals surface area contributed by atoms with E-state index >= 15 is 0 Å². The number of carbonyl (C=O) groups excluding carboxylic acids is 2. The molecule has 2 aromatic rings. The lowest BCUT2D eigenvalue weighted by molar-refractivity contribution is -0.123. The molecular weight excluding hydrogens is 312 g/mol. The molecule has 0 fully saturated rings. The zero-order chi connectivity index (χ0) is 16.4. The summed E-state index contributed by atoms with van der Waals surface area (Å²) in [6, 6.07) is 7.16. The highest BCUT2D eigenvalue weighted by Gasteiger charge is 2.30. The number of rotatable bonds is 3. The predicted molar refractivity (Wildman–Crippen MR) is 89.6 cm³/mol. The lowest BCUT2D eigenvalue weighted by Gasteiger charge is -2.28. The van der Waals surface area contributed by atoms with Gasteiger partial charge in [0, 0.05) is 12.1 Å². The lowest BCUT2D eigenvalue weighted by Crippen LogP contribution is -2.45. The molecule has 1 atom stereocenters. The van der Waals surface area contributed by atoms with E-state index in [0.29, 0.717) is 11.6 Å². The topological polar surface area (TPSA) is 75.2 Å². The highest BCUT2D eigenvalue weighted by molar-refractivity contribution is 7.15. The first-order valence-electron chi connectivity index (χ1n) is 7.57. The van der Waals surface area contributed by atoms with E-state index in [1.165, 1.54) is 11.3 Å². The molecule has 120 valence electrons. The van der Waals surface area contributed by atoms with Crippen molar-refractivity contribution in [3.05, 3.63) is 34.8 Å². The van der Waals surface area contributed by atoms with Crippen LogP contribution >= 0.6 is 11.3 Å². The third-order valence-electron chi connectivity index (χ3n) is 3.88. The third kappa shape index (κ3) is 3.24. The van der Waals surface area contributed by atoms with Crippen LogP contribution in [0.15, 0.2) is 24.3 Å². The minimum atomic E-state index is -0.606. The predicted octanol–water partition coefficient (Wildman–Crippen LogP) is 2.54. The first-order valence-corrected chi connectivity index (χ1v) is 8.39. The smallest absolute Gasteiger partial charge is 0.249 e. The monoisotopic (exact) mass is 330 g/mol. The molecule has 0 saturated heterocycles. The summed E-state index contributed by atoms with van der Waals surface area (Å²) in [5.41, 5.74) is 1.93. The number of hydrogen-bond acceptors (Lipinski definition) is 5. The zero-order valence-corrected chi connectivity index (χ0v) is 13.9. The van der Waals surface area contributed by atoms with Crippen LogP contribution in [0.1, 0.15) is 30.3 Å². The third-order valence-corrected chi connectivity index (χ3v) is 4.63. The minimum Gasteiger partial charge on any atom is -0.300 e. The van der Waals surface area contributed by atoms with Gasteiger partial charge in [-0.3, -0.25) is 19.8 Å². The number of anilines is 2. The van der Waals surface area contributed by atoms with Crippen LogP contribution in [0.25, 0.3) is 0 Å². The Morgan fingerprint density at radius 3 is 2.83 bits per heavy atom. The van der Waals surface area contributed by atoms with E-state index in [2.05, 4.69) is 15.5 Å². The van der Waals surface area contributed by atoms with Crippen molar-refractivity contribution in [1.29, 1.82) is 0 Å². The van der Waals surface area contributed by atoms with Crippen LogP contribution in [0.3, 0.4) is 0 Å². The van der Waals surface area contributed by atoms with Gasteiger partial charge in [0.1, 0.15) is 11.0 Å². The number of aromatic nitrogens is 2. The molecule has 6 nitrogen and oxygen atoms in total. The van der Waals surface area contributed by atoms with Crippen molar-refractivity contribution < 1.29 is 9.59 Å². The summed E-state index contributed by atoms with van der Waals surface area (Å²) in [5, 5.41) is 11.8. The van der Waals surface area contributed by atoms with Crippen LogP contribution in [0.2, 0.25) is 0 Å². The first-order chi connectivity index (χ1) is 11.1. The highest BCUT2D eigenvalue weighted by Crippen LogP contribution is 2.29. The first kappa shape index (κ1) is 15.6. The molecule has 0 radical (unpaired) electrons. The number of aryl methyl sites for hydroxylation is 2. The maximum Gasteiger partial charge on any atom is 0.249 e. The number of nitrogens with one attached hydrogen (secondary N) is 1. The van der Waals surface area contributed by atoms with Crippen LogP contribution in [0.5, 0.6) is 0 Å². The fourth-order valence-electron chi connectivity index (χ4n) is 2.74. The minimum absolute atomic E-state index is 0.0222. The Labute approximate surface area is 138 Å². The number of carbonyl (C=O) groups is 2. The van der Waals surface area contributed by atoms with E-state index in [1.54, 1.807) is 11.8 Å². The fraction of sp³-hybridized carbons (Fsp3) is 0.375. The van der Waals surface area contributed by atoms with Gasteiger partial charge < -0.3 is 0 Å². The van der Waals surface area contributed by atoms with Gasteiger partial charge in [-0.15, -0.1) is 10.2 Å². The van der Waals surface area contributed by atoms with Crippen LogP contribution in [-0.2, 0) is 16.0 Å². The summed E-state index contributed by atoms with van der Waals surface area (Å²) in [7, 11) is 0. The van der Waals surface area contributed by atoms with E-state index < -0.39 is 6.04 Å². The fourth-order valence-corrected chi connectivity index (χ4v) is 3.34. The molecule has 1 N–H and O–H groups in total. The van der Waals surface area contributed by atoms with E-state index in [1.807, 2.05) is 31.2 Å². The van der Waals surface area contributed by atoms with Crippen molar-refractivity contribution in [3.8, 4) is 0 Å². The van der Waals surface area contributed by atoms with Gasteiger partial charge in [0.2, 0.25) is 16.9 Å². The molecule has 2 amide bonds. The van der Waals surface area contributed by atoms with Crippen molar-refractivity contribution in [2.75, 3.05) is 10.2 Å². The summed E-state index contributed by atoms with van der Waals surface area (Å²) in [4.78, 5) is 26.6. The standard InChI is InChI=1S/C16H18N4O2S/c1-10(15(22)17-16-19-18-11(2)23-16)20-13-8-4-3-6-12(13)7-5-9-14(20)21/h3-4,6,8,10H,5,7,9H2,1-2H3,(H,17,19,22)/t10-/m1/s1. The SMILES string of the molecule is Cc1nnc(NC(=O)[C@@H](C)N2C(=O)CCCc3ccccc32)s1. The Kier molecular flexibility index (Phi) is 4.38. The average Bonchev–Trinajstić information content (AvgIpc) is 2.85. The molecule has 0 bridgehead atoms. The Hall–Kier alpha value is -2.28. The highest BCUT2D eigenvalue weighted by atomic mass is 32.1. The molecule has 0 unspecified atom stereocenters. The maximum atomic E-state index is 12.5. The van der Waals surface area contributed by atoms with Gasteiger partial charge in [0.15, 0.2) is 0 Å². The van der Waals surface area contributed by atoms with Crippen LogP contribution in [-0.4, -0.2) is 28.1 Å². The Morgan fingerprint density at radius 2 is 2.09 bits per heavy atom. The Morgan fingerprint density at radius 1 is 1.30 bits per heavy atom. The number of nitrogens with zero attached hydrogens (tertiary/aromatic N) is 3. The largest absolute Gasteiger partial charge is 0.300 e. The maximum absolute atomic E-state index is 12.5. The second kappa shape index (κ2) is 6.45. The number of amides is 2. The molecule has 0 saturated carbocycles. The van der Waals surface area contributed by atoms with Crippen LogP contribution in [0, 0.1) is 6.92 Å². The molecule has 3 rings (SSSR count). The van der Waals surface area contributed by atoms with E-state index in [-0.39, 0.29) is 11.8 Å². The van der Waals surface area contributed by atoms with Gasteiger partial charge >= 0.3 is 0 Å². The van der Waals surface area contributed by atoms with Crippen molar-refractivity contribution in [2.45, 2.75) is 39.2 Å². The second-order valence-electron chi connectivity index (χ2n) is 5.54. The van der Waals surface area contributed by atoms with Gasteiger partial charge in [0.05, 0.1) is 0 Å².